The minimum atomic E-state index is 0.0623. The van der Waals surface area contributed by atoms with Crippen LogP contribution in [0, 0.1) is 5.92 Å². The zero-order valence-corrected chi connectivity index (χ0v) is 11.9. The van der Waals surface area contributed by atoms with Crippen molar-refractivity contribution in [2.75, 3.05) is 10.6 Å². The van der Waals surface area contributed by atoms with Crippen molar-refractivity contribution in [3.8, 4) is 0 Å². The standard InChI is InChI=1S/C13H13N5O2S/c19-12(8-1-2-8)16-13-15-11-9(21-13)10(17-18-11)14-5-7-3-4-20-6-7/h3-4,6,8H,1-2,5H2,(H3,14,15,16,17,18,19). The molecule has 1 fully saturated rings. The van der Waals surface area contributed by atoms with Gasteiger partial charge in [0, 0.05) is 18.0 Å². The number of nitrogens with one attached hydrogen (secondary N) is 3. The molecule has 0 aliphatic heterocycles. The topological polar surface area (TPSA) is 95.8 Å². The summed E-state index contributed by atoms with van der Waals surface area (Å²) in [6.45, 7) is 0.623. The van der Waals surface area contributed by atoms with Gasteiger partial charge in [-0.1, -0.05) is 11.3 Å². The van der Waals surface area contributed by atoms with Gasteiger partial charge in [0.25, 0.3) is 0 Å². The zero-order valence-electron chi connectivity index (χ0n) is 11.0. The van der Waals surface area contributed by atoms with Crippen LogP contribution in [0.5, 0.6) is 0 Å². The van der Waals surface area contributed by atoms with Crippen LogP contribution in [0.2, 0.25) is 0 Å². The quantitative estimate of drug-likeness (QED) is 0.673. The maximum atomic E-state index is 11.7. The van der Waals surface area contributed by atoms with Gasteiger partial charge in [-0.05, 0) is 18.9 Å². The number of nitrogens with zero attached hydrogens (tertiary/aromatic N) is 2. The largest absolute Gasteiger partial charge is 0.472 e. The normalized spacial score (nSPS) is 14.5. The molecule has 0 spiro atoms. The highest BCUT2D eigenvalue weighted by molar-refractivity contribution is 7.22. The molecule has 0 bridgehead atoms. The van der Waals surface area contributed by atoms with Crippen LogP contribution in [0.15, 0.2) is 23.0 Å². The Bertz CT molecular complexity index is 772. The van der Waals surface area contributed by atoms with Crippen molar-refractivity contribution in [3.63, 3.8) is 0 Å². The van der Waals surface area contributed by atoms with Crippen LogP contribution >= 0.6 is 11.3 Å². The molecule has 4 rings (SSSR count). The smallest absolute Gasteiger partial charge is 0.229 e. The first-order chi connectivity index (χ1) is 10.3. The average Bonchev–Trinajstić information content (AvgIpc) is 2.89. The van der Waals surface area contributed by atoms with E-state index in [4.69, 9.17) is 4.42 Å². The second-order valence-corrected chi connectivity index (χ2v) is 6.02. The van der Waals surface area contributed by atoms with Gasteiger partial charge in [0.15, 0.2) is 16.6 Å². The third-order valence-corrected chi connectivity index (χ3v) is 4.31. The molecule has 108 valence electrons. The molecule has 0 unspecified atom stereocenters. The molecule has 3 heterocycles. The van der Waals surface area contributed by atoms with Crippen LogP contribution in [0.3, 0.4) is 0 Å². The molecule has 3 aromatic heterocycles. The highest BCUT2D eigenvalue weighted by Crippen LogP contribution is 2.33. The van der Waals surface area contributed by atoms with Crippen molar-refractivity contribution in [1.82, 2.24) is 15.2 Å². The van der Waals surface area contributed by atoms with E-state index in [1.54, 1.807) is 12.5 Å². The van der Waals surface area contributed by atoms with Gasteiger partial charge in [-0.3, -0.25) is 9.89 Å². The lowest BCUT2D eigenvalue weighted by atomic mass is 10.3. The summed E-state index contributed by atoms with van der Waals surface area (Å²) in [5.74, 6) is 0.965. The van der Waals surface area contributed by atoms with Gasteiger partial charge in [-0.25, -0.2) is 4.98 Å². The summed E-state index contributed by atoms with van der Waals surface area (Å²) in [6, 6.07) is 1.89. The van der Waals surface area contributed by atoms with Gasteiger partial charge in [0.2, 0.25) is 5.91 Å². The molecular weight excluding hydrogens is 290 g/mol. The first kappa shape index (κ1) is 12.4. The summed E-state index contributed by atoms with van der Waals surface area (Å²) >= 11 is 1.42. The summed E-state index contributed by atoms with van der Waals surface area (Å²) < 4.78 is 5.93. The van der Waals surface area contributed by atoms with Gasteiger partial charge in [-0.2, -0.15) is 5.10 Å². The van der Waals surface area contributed by atoms with Crippen LogP contribution in [0.1, 0.15) is 18.4 Å². The highest BCUT2D eigenvalue weighted by atomic mass is 32.1. The number of hydrogen-bond acceptors (Lipinski definition) is 6. The van der Waals surface area contributed by atoms with Crippen LogP contribution in [0.4, 0.5) is 10.9 Å². The maximum absolute atomic E-state index is 11.7. The predicted octanol–water partition coefficient (Wildman–Crippen LogP) is 2.57. The Morgan fingerprint density at radius 1 is 1.52 bits per heavy atom. The van der Waals surface area contributed by atoms with E-state index in [0.717, 1.165) is 28.9 Å². The molecule has 1 amide bonds. The molecule has 7 nitrogen and oxygen atoms in total. The number of hydrogen-bond donors (Lipinski definition) is 3. The number of furan rings is 1. The fourth-order valence-electron chi connectivity index (χ4n) is 2.02. The van der Waals surface area contributed by atoms with Gasteiger partial charge in [-0.15, -0.1) is 0 Å². The predicted molar refractivity (Wildman–Crippen MR) is 79.2 cm³/mol. The van der Waals surface area contributed by atoms with Crippen LogP contribution in [0.25, 0.3) is 10.3 Å². The van der Waals surface area contributed by atoms with Crippen molar-refractivity contribution in [1.29, 1.82) is 0 Å². The highest BCUT2D eigenvalue weighted by Gasteiger charge is 2.30. The Balaban J connectivity index is 1.50. The number of carbonyl (C=O) groups is 1. The molecule has 1 aliphatic rings. The van der Waals surface area contributed by atoms with E-state index >= 15 is 0 Å². The lowest BCUT2D eigenvalue weighted by molar-refractivity contribution is -0.117. The van der Waals surface area contributed by atoms with E-state index in [9.17, 15) is 4.79 Å². The second kappa shape index (κ2) is 4.88. The van der Waals surface area contributed by atoms with Gasteiger partial charge >= 0.3 is 0 Å². The van der Waals surface area contributed by atoms with E-state index in [1.165, 1.54) is 11.3 Å². The Morgan fingerprint density at radius 3 is 3.19 bits per heavy atom. The number of carbonyl (C=O) groups excluding carboxylic acids is 1. The molecule has 0 saturated heterocycles. The zero-order chi connectivity index (χ0) is 14.2. The van der Waals surface area contributed by atoms with E-state index in [1.807, 2.05) is 6.07 Å². The number of anilines is 2. The number of thiazole rings is 1. The summed E-state index contributed by atoms with van der Waals surface area (Å²) in [5.41, 5.74) is 1.72. The molecular formula is C13H13N5O2S. The minimum absolute atomic E-state index is 0.0623. The Hall–Kier alpha value is -2.35. The van der Waals surface area contributed by atoms with Crippen LogP contribution in [-0.4, -0.2) is 21.1 Å². The summed E-state index contributed by atoms with van der Waals surface area (Å²) in [7, 11) is 0. The molecule has 21 heavy (non-hydrogen) atoms. The van der Waals surface area contributed by atoms with E-state index in [2.05, 4.69) is 25.8 Å². The summed E-state index contributed by atoms with van der Waals surface area (Å²) in [6.07, 6.45) is 5.28. The minimum Gasteiger partial charge on any atom is -0.472 e. The van der Waals surface area contributed by atoms with Crippen molar-refractivity contribution in [2.45, 2.75) is 19.4 Å². The summed E-state index contributed by atoms with van der Waals surface area (Å²) in [4.78, 5) is 16.1. The van der Waals surface area contributed by atoms with Gasteiger partial charge in [0.1, 0.15) is 4.70 Å². The molecule has 8 heteroatoms. The first-order valence-corrected chi connectivity index (χ1v) is 7.52. The monoisotopic (exact) mass is 303 g/mol. The third kappa shape index (κ3) is 2.49. The Labute approximate surface area is 123 Å². The number of amides is 1. The van der Waals surface area contributed by atoms with E-state index in [0.29, 0.717) is 17.3 Å². The SMILES string of the molecule is O=C(Nc1nc2[nH]nc(NCc3ccoc3)c2s1)C1CC1. The molecule has 3 aromatic rings. The fourth-order valence-corrected chi connectivity index (χ4v) is 2.91. The van der Waals surface area contributed by atoms with Crippen molar-refractivity contribution in [3.05, 3.63) is 24.2 Å². The first-order valence-electron chi connectivity index (χ1n) is 6.70. The molecule has 0 atom stereocenters. The van der Waals surface area contributed by atoms with Crippen molar-refractivity contribution in [2.24, 2.45) is 5.92 Å². The molecule has 1 aliphatic carbocycles. The Morgan fingerprint density at radius 2 is 2.43 bits per heavy atom. The lowest BCUT2D eigenvalue weighted by Gasteiger charge is -1.99. The molecule has 0 radical (unpaired) electrons. The number of rotatable bonds is 5. The average molecular weight is 303 g/mol. The van der Waals surface area contributed by atoms with Crippen LogP contribution in [-0.2, 0) is 11.3 Å². The van der Waals surface area contributed by atoms with Crippen molar-refractivity contribution < 1.29 is 9.21 Å². The van der Waals surface area contributed by atoms with E-state index < -0.39 is 0 Å². The Kier molecular flexibility index (Phi) is 2.88. The molecule has 0 aromatic carbocycles. The maximum Gasteiger partial charge on any atom is 0.229 e. The van der Waals surface area contributed by atoms with Crippen molar-refractivity contribution >= 4 is 38.5 Å². The second-order valence-electron chi connectivity index (χ2n) is 5.02. The number of H-pyrrole nitrogens is 1. The molecule has 1 saturated carbocycles. The summed E-state index contributed by atoms with van der Waals surface area (Å²) in [5, 5.41) is 13.8. The van der Waals surface area contributed by atoms with E-state index in [-0.39, 0.29) is 11.8 Å². The third-order valence-electron chi connectivity index (χ3n) is 3.33. The van der Waals surface area contributed by atoms with Gasteiger partial charge in [0.05, 0.1) is 12.5 Å². The molecule has 3 N–H and O–H groups in total. The lowest BCUT2D eigenvalue weighted by Crippen LogP contribution is -2.12. The number of aromatic nitrogens is 3. The fraction of sp³-hybridized carbons (Fsp3) is 0.308. The van der Waals surface area contributed by atoms with Crippen LogP contribution < -0.4 is 10.6 Å². The number of fused-ring (bicyclic) bond motifs is 1. The number of aromatic amines is 1. The van der Waals surface area contributed by atoms with Gasteiger partial charge < -0.3 is 15.1 Å².